The molecule has 0 saturated carbocycles. The predicted octanol–water partition coefficient (Wildman–Crippen LogP) is 3.03. The number of hydrogen-bond acceptors (Lipinski definition) is 6. The number of ether oxygens (including phenoxy) is 2. The Kier molecular flexibility index (Phi) is 4.85. The van der Waals surface area contributed by atoms with Crippen LogP contribution in [0.2, 0.25) is 0 Å². The highest BCUT2D eigenvalue weighted by molar-refractivity contribution is 5.80. The van der Waals surface area contributed by atoms with Gasteiger partial charge in [-0.1, -0.05) is 0 Å². The highest BCUT2D eigenvalue weighted by Crippen LogP contribution is 2.30. The van der Waals surface area contributed by atoms with Crippen LogP contribution < -0.4 is 10.1 Å². The van der Waals surface area contributed by atoms with Gasteiger partial charge in [-0.15, -0.1) is 0 Å². The molecule has 7 heteroatoms. The van der Waals surface area contributed by atoms with E-state index >= 15 is 0 Å². The van der Waals surface area contributed by atoms with Crippen molar-refractivity contribution in [1.29, 1.82) is 0 Å². The summed E-state index contributed by atoms with van der Waals surface area (Å²) in [5.41, 5.74) is 2.34. The summed E-state index contributed by atoms with van der Waals surface area (Å²) in [6, 6.07) is 5.70. The zero-order valence-corrected chi connectivity index (χ0v) is 15.0. The molecule has 25 heavy (non-hydrogen) atoms. The maximum atomic E-state index is 5.71. The Hall–Kier alpha value is -2.67. The normalized spacial score (nSPS) is 11.7. The Bertz CT molecular complexity index is 854. The molecule has 0 saturated heterocycles. The second kappa shape index (κ2) is 7.06. The third-order valence-corrected chi connectivity index (χ3v) is 3.57. The standard InChI is InChI=1S/C18H23N5O2/c1-18(2,3)25-11-9-19-15-7-10-23-16(22-15)14(12-21-23)13-6-5-8-20-17(13)24-4/h5-8,10,12H,9,11H2,1-4H3,(H,19,22). The molecule has 3 aromatic rings. The van der Waals surface area contributed by atoms with E-state index in [1.54, 1.807) is 24.0 Å². The number of nitrogens with one attached hydrogen (secondary N) is 1. The average Bonchev–Trinajstić information content (AvgIpc) is 3.01. The molecule has 0 amide bonds. The van der Waals surface area contributed by atoms with Crippen molar-refractivity contribution >= 4 is 11.5 Å². The van der Waals surface area contributed by atoms with Crippen LogP contribution in [0.1, 0.15) is 20.8 Å². The van der Waals surface area contributed by atoms with Gasteiger partial charge in [0.15, 0.2) is 5.65 Å². The van der Waals surface area contributed by atoms with Crippen molar-refractivity contribution in [2.75, 3.05) is 25.6 Å². The predicted molar refractivity (Wildman–Crippen MR) is 97.0 cm³/mol. The van der Waals surface area contributed by atoms with Crippen molar-refractivity contribution in [3.8, 4) is 17.0 Å². The molecule has 0 aliphatic heterocycles. The van der Waals surface area contributed by atoms with E-state index < -0.39 is 0 Å². The summed E-state index contributed by atoms with van der Waals surface area (Å²) >= 11 is 0. The maximum absolute atomic E-state index is 5.71. The first kappa shape index (κ1) is 17.2. The molecule has 0 fully saturated rings. The summed E-state index contributed by atoms with van der Waals surface area (Å²) in [7, 11) is 1.60. The van der Waals surface area contributed by atoms with E-state index in [2.05, 4.69) is 20.4 Å². The Balaban J connectivity index is 1.82. The molecule has 0 bridgehead atoms. The third-order valence-electron chi connectivity index (χ3n) is 3.57. The first-order valence-electron chi connectivity index (χ1n) is 8.19. The van der Waals surface area contributed by atoms with Gasteiger partial charge in [-0.25, -0.2) is 14.5 Å². The second-order valence-corrected chi connectivity index (χ2v) is 6.59. The van der Waals surface area contributed by atoms with Crippen LogP contribution >= 0.6 is 0 Å². The van der Waals surface area contributed by atoms with Gasteiger partial charge in [0.1, 0.15) is 5.82 Å². The molecular formula is C18H23N5O2. The fraction of sp³-hybridized carbons (Fsp3) is 0.389. The van der Waals surface area contributed by atoms with E-state index in [0.717, 1.165) is 22.6 Å². The van der Waals surface area contributed by atoms with Crippen LogP contribution in [0.5, 0.6) is 5.88 Å². The Morgan fingerprint density at radius 2 is 2.04 bits per heavy atom. The molecule has 7 nitrogen and oxygen atoms in total. The minimum Gasteiger partial charge on any atom is -0.481 e. The van der Waals surface area contributed by atoms with Gasteiger partial charge in [0, 0.05) is 24.5 Å². The monoisotopic (exact) mass is 341 g/mol. The van der Waals surface area contributed by atoms with Crippen LogP contribution in [0.3, 0.4) is 0 Å². The molecule has 0 radical (unpaired) electrons. The Labute approximate surface area is 147 Å². The Morgan fingerprint density at radius 1 is 1.20 bits per heavy atom. The molecule has 3 rings (SSSR count). The van der Waals surface area contributed by atoms with E-state index in [1.165, 1.54) is 0 Å². The number of nitrogens with zero attached hydrogens (tertiary/aromatic N) is 4. The summed E-state index contributed by atoms with van der Waals surface area (Å²) < 4.78 is 12.8. The van der Waals surface area contributed by atoms with Gasteiger partial charge in [0.25, 0.3) is 0 Å². The molecule has 0 spiro atoms. The van der Waals surface area contributed by atoms with Crippen molar-refractivity contribution in [2.24, 2.45) is 0 Å². The maximum Gasteiger partial charge on any atom is 0.221 e. The van der Waals surface area contributed by atoms with Gasteiger partial charge in [0.2, 0.25) is 5.88 Å². The van der Waals surface area contributed by atoms with Crippen LogP contribution in [0.25, 0.3) is 16.8 Å². The minimum atomic E-state index is -0.144. The quantitative estimate of drug-likeness (QED) is 0.695. The summed E-state index contributed by atoms with van der Waals surface area (Å²) in [6.07, 6.45) is 5.35. The zero-order chi connectivity index (χ0) is 17.9. The van der Waals surface area contributed by atoms with Crippen molar-refractivity contribution in [3.63, 3.8) is 0 Å². The van der Waals surface area contributed by atoms with Gasteiger partial charge >= 0.3 is 0 Å². The van der Waals surface area contributed by atoms with Gasteiger partial charge in [-0.2, -0.15) is 5.10 Å². The first-order valence-corrected chi connectivity index (χ1v) is 8.19. The lowest BCUT2D eigenvalue weighted by atomic mass is 10.1. The highest BCUT2D eigenvalue weighted by atomic mass is 16.5. The van der Waals surface area contributed by atoms with Crippen molar-refractivity contribution < 1.29 is 9.47 Å². The topological polar surface area (TPSA) is 73.6 Å². The lowest BCUT2D eigenvalue weighted by Gasteiger charge is -2.19. The van der Waals surface area contributed by atoms with E-state index in [-0.39, 0.29) is 5.60 Å². The zero-order valence-electron chi connectivity index (χ0n) is 15.0. The largest absolute Gasteiger partial charge is 0.481 e. The van der Waals surface area contributed by atoms with Crippen LogP contribution in [0.4, 0.5) is 5.82 Å². The lowest BCUT2D eigenvalue weighted by molar-refractivity contribution is 0.00331. The molecule has 0 aliphatic carbocycles. The number of anilines is 1. The smallest absolute Gasteiger partial charge is 0.221 e. The average molecular weight is 341 g/mol. The minimum absolute atomic E-state index is 0.144. The molecule has 0 aliphatic rings. The van der Waals surface area contributed by atoms with Crippen molar-refractivity contribution in [2.45, 2.75) is 26.4 Å². The Morgan fingerprint density at radius 3 is 2.80 bits per heavy atom. The number of pyridine rings is 1. The van der Waals surface area contributed by atoms with Gasteiger partial charge < -0.3 is 14.8 Å². The van der Waals surface area contributed by atoms with Gasteiger partial charge in [0.05, 0.1) is 31.1 Å². The molecule has 0 atom stereocenters. The van der Waals surface area contributed by atoms with Gasteiger partial charge in [-0.3, -0.25) is 0 Å². The van der Waals surface area contributed by atoms with Crippen molar-refractivity contribution in [3.05, 3.63) is 36.8 Å². The van der Waals surface area contributed by atoms with Crippen LogP contribution in [-0.2, 0) is 4.74 Å². The SMILES string of the molecule is COc1ncccc1-c1cnn2ccc(NCCOC(C)(C)C)nc12. The highest BCUT2D eigenvalue weighted by Gasteiger charge is 2.14. The van der Waals surface area contributed by atoms with Crippen molar-refractivity contribution in [1.82, 2.24) is 19.6 Å². The number of aromatic nitrogens is 4. The number of hydrogen-bond donors (Lipinski definition) is 1. The lowest BCUT2D eigenvalue weighted by Crippen LogP contribution is -2.23. The fourth-order valence-electron chi connectivity index (χ4n) is 2.45. The van der Waals surface area contributed by atoms with E-state index in [9.17, 15) is 0 Å². The molecular weight excluding hydrogens is 318 g/mol. The van der Waals surface area contributed by atoms with Crippen LogP contribution in [0.15, 0.2) is 36.8 Å². The third kappa shape index (κ3) is 4.06. The fourth-order valence-corrected chi connectivity index (χ4v) is 2.45. The van der Waals surface area contributed by atoms with Crippen LogP contribution in [-0.4, -0.2) is 45.4 Å². The van der Waals surface area contributed by atoms with E-state index in [4.69, 9.17) is 9.47 Å². The summed E-state index contributed by atoms with van der Waals surface area (Å²) in [5, 5.41) is 7.64. The number of methoxy groups -OCH3 is 1. The molecule has 0 unspecified atom stereocenters. The second-order valence-electron chi connectivity index (χ2n) is 6.59. The number of fused-ring (bicyclic) bond motifs is 1. The van der Waals surface area contributed by atoms with E-state index in [1.807, 2.05) is 45.2 Å². The molecule has 132 valence electrons. The molecule has 1 N–H and O–H groups in total. The van der Waals surface area contributed by atoms with Crippen LogP contribution in [0, 0.1) is 0 Å². The molecule has 3 aromatic heterocycles. The summed E-state index contributed by atoms with van der Waals surface area (Å²) in [4.78, 5) is 8.92. The molecule has 0 aromatic carbocycles. The summed E-state index contributed by atoms with van der Waals surface area (Å²) in [6.45, 7) is 7.41. The van der Waals surface area contributed by atoms with Gasteiger partial charge in [-0.05, 0) is 39.0 Å². The first-order chi connectivity index (χ1) is 12.0. The van der Waals surface area contributed by atoms with E-state index in [0.29, 0.717) is 19.0 Å². The molecule has 3 heterocycles. The number of rotatable bonds is 6. The summed E-state index contributed by atoms with van der Waals surface area (Å²) in [5.74, 6) is 1.32.